The van der Waals surface area contributed by atoms with Crippen molar-refractivity contribution in [1.82, 2.24) is 10.2 Å². The molecule has 1 aliphatic heterocycles. The minimum atomic E-state index is 0.00378. The van der Waals surface area contributed by atoms with Gasteiger partial charge in [0, 0.05) is 12.1 Å². The lowest BCUT2D eigenvalue weighted by molar-refractivity contribution is 0.0952. The molecule has 4 heteroatoms. The van der Waals surface area contributed by atoms with Crippen LogP contribution in [0, 0.1) is 0 Å². The fraction of sp³-hybridized carbons (Fsp3) is 0.632. The standard InChI is InChI=1S/C19H30N2O2/c1-2-23-18-11-9-17(10-12-18)19(22)20-13-5-3-6-14-21-15-7-4-8-16-21/h9-12H,2-8,13-16H2,1H3,(H,20,22). The Bertz CT molecular complexity index is 453. The fourth-order valence-electron chi connectivity index (χ4n) is 2.99. The van der Waals surface area contributed by atoms with Gasteiger partial charge in [-0.3, -0.25) is 4.79 Å². The van der Waals surface area contributed by atoms with Crippen LogP contribution in [0.2, 0.25) is 0 Å². The molecule has 4 nitrogen and oxygen atoms in total. The molecule has 1 N–H and O–H groups in total. The van der Waals surface area contributed by atoms with E-state index < -0.39 is 0 Å². The van der Waals surface area contributed by atoms with Gasteiger partial charge in [0.2, 0.25) is 0 Å². The van der Waals surface area contributed by atoms with Crippen molar-refractivity contribution in [2.24, 2.45) is 0 Å². The van der Waals surface area contributed by atoms with Crippen molar-refractivity contribution < 1.29 is 9.53 Å². The number of unbranched alkanes of at least 4 members (excludes halogenated alkanes) is 2. The van der Waals surface area contributed by atoms with E-state index in [0.29, 0.717) is 12.2 Å². The minimum Gasteiger partial charge on any atom is -0.494 e. The zero-order valence-corrected chi connectivity index (χ0v) is 14.4. The lowest BCUT2D eigenvalue weighted by atomic mass is 10.1. The first kappa shape index (κ1) is 17.8. The molecule has 23 heavy (non-hydrogen) atoms. The number of nitrogens with zero attached hydrogens (tertiary/aromatic N) is 1. The summed E-state index contributed by atoms with van der Waals surface area (Å²) in [6, 6.07) is 7.32. The van der Waals surface area contributed by atoms with Crippen LogP contribution in [0.5, 0.6) is 5.75 Å². The molecule has 0 aliphatic carbocycles. The van der Waals surface area contributed by atoms with Crippen molar-refractivity contribution in [3.05, 3.63) is 29.8 Å². The van der Waals surface area contributed by atoms with Crippen LogP contribution >= 0.6 is 0 Å². The predicted molar refractivity (Wildman–Crippen MR) is 94.1 cm³/mol. The Morgan fingerprint density at radius 2 is 1.83 bits per heavy atom. The van der Waals surface area contributed by atoms with E-state index >= 15 is 0 Å². The third-order valence-electron chi connectivity index (χ3n) is 4.31. The molecule has 0 atom stereocenters. The van der Waals surface area contributed by atoms with Gasteiger partial charge in [-0.2, -0.15) is 0 Å². The Morgan fingerprint density at radius 3 is 2.52 bits per heavy atom. The highest BCUT2D eigenvalue weighted by molar-refractivity contribution is 5.94. The molecule has 0 unspecified atom stereocenters. The Kier molecular flexibility index (Phi) is 7.95. The van der Waals surface area contributed by atoms with Crippen LogP contribution in [0.15, 0.2) is 24.3 Å². The lowest BCUT2D eigenvalue weighted by Crippen LogP contribution is -2.30. The van der Waals surface area contributed by atoms with Crippen molar-refractivity contribution in [3.63, 3.8) is 0 Å². The molecule has 0 bridgehead atoms. The van der Waals surface area contributed by atoms with Gasteiger partial charge in [0.25, 0.3) is 5.91 Å². The van der Waals surface area contributed by atoms with E-state index in [0.717, 1.165) is 18.7 Å². The van der Waals surface area contributed by atoms with Gasteiger partial charge in [0.1, 0.15) is 5.75 Å². The molecule has 0 saturated carbocycles. The summed E-state index contributed by atoms with van der Waals surface area (Å²) in [7, 11) is 0. The maximum atomic E-state index is 12.0. The summed E-state index contributed by atoms with van der Waals surface area (Å²) < 4.78 is 5.38. The Hall–Kier alpha value is -1.55. The number of amides is 1. The Morgan fingerprint density at radius 1 is 1.09 bits per heavy atom. The summed E-state index contributed by atoms with van der Waals surface area (Å²) in [5.41, 5.74) is 0.696. The SMILES string of the molecule is CCOc1ccc(C(=O)NCCCCCN2CCCCC2)cc1. The van der Waals surface area contributed by atoms with E-state index in [-0.39, 0.29) is 5.91 Å². The summed E-state index contributed by atoms with van der Waals surface area (Å²) in [4.78, 5) is 14.6. The summed E-state index contributed by atoms with van der Waals surface area (Å²) in [5, 5.41) is 3.00. The van der Waals surface area contributed by atoms with E-state index in [4.69, 9.17) is 4.74 Å². The first-order valence-corrected chi connectivity index (χ1v) is 9.03. The maximum absolute atomic E-state index is 12.0. The zero-order valence-electron chi connectivity index (χ0n) is 14.4. The Labute approximate surface area is 140 Å². The second-order valence-corrected chi connectivity index (χ2v) is 6.18. The predicted octanol–water partition coefficient (Wildman–Crippen LogP) is 3.47. The number of carbonyl (C=O) groups excluding carboxylic acids is 1. The van der Waals surface area contributed by atoms with Crippen molar-refractivity contribution in [2.75, 3.05) is 32.8 Å². The first-order chi connectivity index (χ1) is 11.3. The number of hydrogen-bond acceptors (Lipinski definition) is 3. The summed E-state index contributed by atoms with van der Waals surface area (Å²) >= 11 is 0. The average Bonchev–Trinajstić information content (AvgIpc) is 2.59. The fourth-order valence-corrected chi connectivity index (χ4v) is 2.99. The quantitative estimate of drug-likeness (QED) is 0.709. The normalized spacial score (nSPS) is 15.3. The van der Waals surface area contributed by atoms with E-state index in [1.54, 1.807) is 0 Å². The van der Waals surface area contributed by atoms with Crippen molar-refractivity contribution >= 4 is 5.91 Å². The van der Waals surface area contributed by atoms with Gasteiger partial charge >= 0.3 is 0 Å². The molecular weight excluding hydrogens is 288 g/mol. The molecule has 1 amide bonds. The van der Waals surface area contributed by atoms with Gasteiger partial charge in [0.15, 0.2) is 0 Å². The first-order valence-electron chi connectivity index (χ1n) is 9.03. The molecule has 1 heterocycles. The van der Waals surface area contributed by atoms with Crippen LogP contribution in [-0.2, 0) is 0 Å². The van der Waals surface area contributed by atoms with Crippen LogP contribution in [0.4, 0.5) is 0 Å². The molecule has 0 spiro atoms. The van der Waals surface area contributed by atoms with Crippen LogP contribution in [0.1, 0.15) is 55.8 Å². The van der Waals surface area contributed by atoms with Gasteiger partial charge < -0.3 is 15.0 Å². The van der Waals surface area contributed by atoms with E-state index in [9.17, 15) is 4.79 Å². The second kappa shape index (κ2) is 10.3. The smallest absolute Gasteiger partial charge is 0.251 e. The number of rotatable bonds is 9. The van der Waals surface area contributed by atoms with Gasteiger partial charge in [-0.1, -0.05) is 12.8 Å². The van der Waals surface area contributed by atoms with E-state index in [2.05, 4.69) is 10.2 Å². The number of nitrogens with one attached hydrogen (secondary N) is 1. The third-order valence-corrected chi connectivity index (χ3v) is 4.31. The average molecular weight is 318 g/mol. The van der Waals surface area contributed by atoms with Crippen LogP contribution in [0.3, 0.4) is 0 Å². The molecule has 1 saturated heterocycles. The van der Waals surface area contributed by atoms with Crippen LogP contribution in [0.25, 0.3) is 0 Å². The van der Waals surface area contributed by atoms with E-state index in [1.165, 1.54) is 51.7 Å². The van der Waals surface area contributed by atoms with Crippen LogP contribution in [-0.4, -0.2) is 43.6 Å². The highest BCUT2D eigenvalue weighted by atomic mass is 16.5. The number of piperidine rings is 1. The summed E-state index contributed by atoms with van der Waals surface area (Å²) in [5.74, 6) is 0.811. The van der Waals surface area contributed by atoms with Crippen molar-refractivity contribution in [1.29, 1.82) is 0 Å². The minimum absolute atomic E-state index is 0.00378. The van der Waals surface area contributed by atoms with Gasteiger partial charge in [-0.05, 0) is 76.5 Å². The monoisotopic (exact) mass is 318 g/mol. The molecule has 1 fully saturated rings. The van der Waals surface area contributed by atoms with Crippen molar-refractivity contribution in [3.8, 4) is 5.75 Å². The molecule has 128 valence electrons. The third kappa shape index (κ3) is 6.61. The Balaban J connectivity index is 1.55. The zero-order chi connectivity index (χ0) is 16.3. The van der Waals surface area contributed by atoms with Gasteiger partial charge in [-0.25, -0.2) is 0 Å². The van der Waals surface area contributed by atoms with E-state index in [1.807, 2.05) is 31.2 Å². The summed E-state index contributed by atoms with van der Waals surface area (Å²) in [6.07, 6.45) is 7.58. The topological polar surface area (TPSA) is 41.6 Å². The largest absolute Gasteiger partial charge is 0.494 e. The molecule has 0 radical (unpaired) electrons. The highest BCUT2D eigenvalue weighted by Gasteiger charge is 2.09. The lowest BCUT2D eigenvalue weighted by Gasteiger charge is -2.26. The van der Waals surface area contributed by atoms with Crippen molar-refractivity contribution in [2.45, 2.75) is 45.4 Å². The second-order valence-electron chi connectivity index (χ2n) is 6.18. The number of benzene rings is 1. The highest BCUT2D eigenvalue weighted by Crippen LogP contribution is 2.12. The van der Waals surface area contributed by atoms with Gasteiger partial charge in [0.05, 0.1) is 6.61 Å². The number of hydrogen-bond donors (Lipinski definition) is 1. The summed E-state index contributed by atoms with van der Waals surface area (Å²) in [6.45, 7) is 7.11. The molecule has 1 aliphatic rings. The van der Waals surface area contributed by atoms with Gasteiger partial charge in [-0.15, -0.1) is 0 Å². The maximum Gasteiger partial charge on any atom is 0.251 e. The number of carbonyl (C=O) groups is 1. The molecule has 1 aromatic carbocycles. The number of likely N-dealkylation sites (tertiary alicyclic amines) is 1. The molecular formula is C19H30N2O2. The molecule has 2 rings (SSSR count). The molecule has 0 aromatic heterocycles. The number of ether oxygens (including phenoxy) is 1. The van der Waals surface area contributed by atoms with Crippen LogP contribution < -0.4 is 10.1 Å². The molecule has 1 aromatic rings.